The molecule has 0 heterocycles. The number of hydrogen-bond donors (Lipinski definition) is 0. The van der Waals surface area contributed by atoms with Crippen molar-refractivity contribution in [2.75, 3.05) is 7.11 Å². The summed E-state index contributed by atoms with van der Waals surface area (Å²) in [7, 11) is 1.37. The van der Waals surface area contributed by atoms with Gasteiger partial charge in [-0.25, -0.2) is 4.79 Å². The number of carbonyl (C=O) groups is 1. The first kappa shape index (κ1) is 18.4. The van der Waals surface area contributed by atoms with Crippen LogP contribution in [0.5, 0.6) is 0 Å². The zero-order chi connectivity index (χ0) is 14.9. The van der Waals surface area contributed by atoms with Gasteiger partial charge in [0.2, 0.25) is 0 Å². The normalized spacial score (nSPS) is 12.3. The van der Waals surface area contributed by atoms with Crippen LogP contribution >= 0.6 is 0 Å². The highest BCUT2D eigenvalue weighted by Gasteiger charge is 1.87. The molecule has 0 radical (unpaired) electrons. The van der Waals surface area contributed by atoms with Gasteiger partial charge in [0, 0.05) is 6.08 Å². The van der Waals surface area contributed by atoms with Crippen molar-refractivity contribution in [1.29, 1.82) is 0 Å². The first-order chi connectivity index (χ1) is 9.81. The average molecular weight is 276 g/mol. The van der Waals surface area contributed by atoms with Crippen molar-refractivity contribution in [1.82, 2.24) is 0 Å². The first-order valence-electron chi connectivity index (χ1n) is 7.55. The van der Waals surface area contributed by atoms with Crippen LogP contribution in [0, 0.1) is 0 Å². The lowest BCUT2D eigenvalue weighted by molar-refractivity contribution is -0.134. The molecule has 0 aromatic rings. The van der Waals surface area contributed by atoms with E-state index in [0.29, 0.717) is 0 Å². The molecule has 2 nitrogen and oxygen atoms in total. The van der Waals surface area contributed by atoms with Crippen molar-refractivity contribution >= 4 is 5.97 Å². The number of unbranched alkanes of at least 4 members (excludes halogenated alkanes) is 6. The summed E-state index contributed by atoms with van der Waals surface area (Å²) in [5.74, 6) is -0.336. The summed E-state index contributed by atoms with van der Waals surface area (Å²) < 4.78 is 4.47. The zero-order valence-corrected chi connectivity index (χ0v) is 12.9. The summed E-state index contributed by atoms with van der Waals surface area (Å²) in [6.45, 7) is 2.24. The second-order valence-corrected chi connectivity index (χ2v) is 4.64. The number of ether oxygens (including phenoxy) is 1. The molecule has 0 atom stereocenters. The molecule has 0 aromatic heterocycles. The van der Waals surface area contributed by atoms with Gasteiger partial charge in [-0.1, -0.05) is 81.6 Å². The molecule has 2 heteroatoms. The van der Waals surface area contributed by atoms with Crippen LogP contribution in [0.3, 0.4) is 0 Å². The quantitative estimate of drug-likeness (QED) is 0.226. The van der Waals surface area contributed by atoms with E-state index in [1.165, 1.54) is 51.7 Å². The Morgan fingerprint density at radius 1 is 0.850 bits per heavy atom. The molecule has 0 saturated heterocycles. The molecule has 0 bridgehead atoms. The fourth-order valence-electron chi connectivity index (χ4n) is 1.68. The van der Waals surface area contributed by atoms with Crippen LogP contribution in [0.25, 0.3) is 0 Å². The lowest BCUT2D eigenvalue weighted by atomic mass is 10.1. The fourth-order valence-corrected chi connectivity index (χ4v) is 1.68. The molecule has 112 valence electrons. The van der Waals surface area contributed by atoms with Crippen molar-refractivity contribution in [3.63, 3.8) is 0 Å². The molecule has 0 spiro atoms. The highest BCUT2D eigenvalue weighted by atomic mass is 16.5. The van der Waals surface area contributed by atoms with Crippen LogP contribution in [0.1, 0.15) is 51.9 Å². The summed E-state index contributed by atoms with van der Waals surface area (Å²) in [6.07, 6.45) is 24.2. The molecular weight excluding hydrogens is 248 g/mol. The monoisotopic (exact) mass is 276 g/mol. The van der Waals surface area contributed by atoms with Gasteiger partial charge in [-0.05, 0) is 12.8 Å². The van der Waals surface area contributed by atoms with Crippen LogP contribution in [0.4, 0.5) is 0 Å². The van der Waals surface area contributed by atoms with Gasteiger partial charge in [-0.15, -0.1) is 0 Å². The minimum Gasteiger partial charge on any atom is -0.466 e. The van der Waals surface area contributed by atoms with Gasteiger partial charge in [0.1, 0.15) is 0 Å². The molecule has 0 aliphatic carbocycles. The van der Waals surface area contributed by atoms with Crippen molar-refractivity contribution in [2.24, 2.45) is 0 Å². The maximum Gasteiger partial charge on any atom is 0.330 e. The maximum atomic E-state index is 10.8. The molecule has 0 aliphatic heterocycles. The SMILES string of the molecule is CCCCCCCCC=CC=CC=CC=CC(=O)OC. The van der Waals surface area contributed by atoms with Crippen LogP contribution in [0.15, 0.2) is 48.6 Å². The number of hydrogen-bond acceptors (Lipinski definition) is 2. The van der Waals surface area contributed by atoms with E-state index < -0.39 is 0 Å². The third kappa shape index (κ3) is 14.5. The molecule has 0 fully saturated rings. The van der Waals surface area contributed by atoms with E-state index in [0.717, 1.165) is 6.42 Å². The lowest BCUT2D eigenvalue weighted by Gasteiger charge is -1.97. The highest BCUT2D eigenvalue weighted by molar-refractivity contribution is 5.82. The Hall–Kier alpha value is -1.57. The first-order valence-corrected chi connectivity index (χ1v) is 7.55. The van der Waals surface area contributed by atoms with Gasteiger partial charge in [-0.2, -0.15) is 0 Å². The van der Waals surface area contributed by atoms with Crippen LogP contribution < -0.4 is 0 Å². The summed E-state index contributed by atoms with van der Waals surface area (Å²) >= 11 is 0. The van der Waals surface area contributed by atoms with Crippen molar-refractivity contribution in [3.05, 3.63) is 48.6 Å². The summed E-state index contributed by atoms with van der Waals surface area (Å²) in [5, 5.41) is 0. The standard InChI is InChI=1S/C18H28O2/c1-3-4-5-6-7-8-9-10-11-12-13-14-15-16-17-18(19)20-2/h10-17H,3-9H2,1-2H3. The Balaban J connectivity index is 3.50. The predicted molar refractivity (Wildman–Crippen MR) is 86.6 cm³/mol. The van der Waals surface area contributed by atoms with Gasteiger partial charge >= 0.3 is 5.97 Å². The maximum absolute atomic E-state index is 10.8. The van der Waals surface area contributed by atoms with E-state index in [-0.39, 0.29) is 5.97 Å². The molecule has 0 rings (SSSR count). The molecule has 0 amide bonds. The van der Waals surface area contributed by atoms with E-state index in [2.05, 4.69) is 23.8 Å². The summed E-state index contributed by atoms with van der Waals surface area (Å²) in [6, 6.07) is 0. The Morgan fingerprint density at radius 2 is 1.45 bits per heavy atom. The molecule has 0 aliphatic rings. The zero-order valence-electron chi connectivity index (χ0n) is 12.9. The summed E-state index contributed by atoms with van der Waals surface area (Å²) in [4.78, 5) is 10.8. The Kier molecular flexibility index (Phi) is 14.3. The Morgan fingerprint density at radius 3 is 2.15 bits per heavy atom. The smallest absolute Gasteiger partial charge is 0.330 e. The molecule has 0 saturated carbocycles. The molecule has 20 heavy (non-hydrogen) atoms. The van der Waals surface area contributed by atoms with Gasteiger partial charge in [0.25, 0.3) is 0 Å². The molecule has 0 N–H and O–H groups in total. The lowest BCUT2D eigenvalue weighted by Crippen LogP contribution is -1.92. The second kappa shape index (κ2) is 15.5. The van der Waals surface area contributed by atoms with E-state index in [1.54, 1.807) is 12.2 Å². The van der Waals surface area contributed by atoms with Gasteiger partial charge in [-0.3, -0.25) is 0 Å². The summed E-state index contributed by atoms with van der Waals surface area (Å²) in [5.41, 5.74) is 0. The Labute approximate surface area is 123 Å². The number of carbonyl (C=O) groups excluding carboxylic acids is 1. The molecule has 0 unspecified atom stereocenters. The molecular formula is C18H28O2. The number of rotatable bonds is 11. The van der Waals surface area contributed by atoms with E-state index in [1.807, 2.05) is 18.2 Å². The van der Waals surface area contributed by atoms with Crippen LogP contribution in [-0.4, -0.2) is 13.1 Å². The van der Waals surface area contributed by atoms with Gasteiger partial charge in [0.05, 0.1) is 7.11 Å². The van der Waals surface area contributed by atoms with Crippen molar-refractivity contribution < 1.29 is 9.53 Å². The van der Waals surface area contributed by atoms with Crippen molar-refractivity contribution in [2.45, 2.75) is 51.9 Å². The number of esters is 1. The van der Waals surface area contributed by atoms with Crippen LogP contribution in [-0.2, 0) is 9.53 Å². The number of methoxy groups -OCH3 is 1. The van der Waals surface area contributed by atoms with Gasteiger partial charge in [0.15, 0.2) is 0 Å². The predicted octanol–water partition coefficient (Wildman–Crippen LogP) is 5.13. The second-order valence-electron chi connectivity index (χ2n) is 4.64. The largest absolute Gasteiger partial charge is 0.466 e. The average Bonchev–Trinajstić information content (AvgIpc) is 2.47. The van der Waals surface area contributed by atoms with E-state index >= 15 is 0 Å². The van der Waals surface area contributed by atoms with E-state index in [9.17, 15) is 4.79 Å². The molecule has 0 aromatic carbocycles. The van der Waals surface area contributed by atoms with E-state index in [4.69, 9.17) is 0 Å². The minimum absolute atomic E-state index is 0.336. The minimum atomic E-state index is -0.336. The third-order valence-corrected chi connectivity index (χ3v) is 2.85. The topological polar surface area (TPSA) is 26.3 Å². The Bertz CT molecular complexity index is 335. The van der Waals surface area contributed by atoms with Crippen molar-refractivity contribution in [3.8, 4) is 0 Å². The highest BCUT2D eigenvalue weighted by Crippen LogP contribution is 2.07. The van der Waals surface area contributed by atoms with Crippen LogP contribution in [0.2, 0.25) is 0 Å². The number of allylic oxidation sites excluding steroid dienone is 7. The fraction of sp³-hybridized carbons (Fsp3) is 0.500. The third-order valence-electron chi connectivity index (χ3n) is 2.85. The van der Waals surface area contributed by atoms with Gasteiger partial charge < -0.3 is 4.74 Å².